The van der Waals surface area contributed by atoms with Gasteiger partial charge >= 0.3 is 0 Å². The predicted octanol–water partition coefficient (Wildman–Crippen LogP) is 6.95. The SMILES string of the molecule is COc1cccc(OC)c1-n1c(CS(=O)(=O)[C@@H](C)Cc2ncc(F)cn2)nnc1-c1cncc(Cl)c1.COc1cccc(OC)c1-n1c(CS(=O)(=O)[C@H](C)Cc2ncc(F)cn2)nnc1-c1cncc(Cl)c1. The van der Waals surface area contributed by atoms with Crippen LogP contribution in [0.4, 0.5) is 8.78 Å². The van der Waals surface area contributed by atoms with Gasteiger partial charge in [-0.3, -0.25) is 19.1 Å². The highest BCUT2D eigenvalue weighted by molar-refractivity contribution is 7.91. The number of halogens is 4. The first kappa shape index (κ1) is 52.5. The Morgan fingerprint density at radius 2 is 0.861 bits per heavy atom. The van der Waals surface area contributed by atoms with Crippen LogP contribution >= 0.6 is 23.2 Å². The van der Waals surface area contributed by atoms with Crippen LogP contribution in [0.3, 0.4) is 0 Å². The summed E-state index contributed by atoms with van der Waals surface area (Å²) in [5.74, 6) is 0.806. The van der Waals surface area contributed by atoms with Crippen molar-refractivity contribution in [2.45, 2.75) is 48.7 Å². The molecule has 0 aliphatic rings. The zero-order valence-corrected chi connectivity index (χ0v) is 42.3. The number of benzene rings is 2. The number of methoxy groups -OCH3 is 4. The molecular weight excluding hydrogens is 1020 g/mol. The van der Waals surface area contributed by atoms with Crippen molar-refractivity contribution in [3.05, 3.63) is 143 Å². The Balaban J connectivity index is 0.000000211. The fourth-order valence-corrected chi connectivity index (χ4v) is 9.95. The third kappa shape index (κ3) is 12.1. The quantitative estimate of drug-likeness (QED) is 0.0844. The maximum absolute atomic E-state index is 13.4. The summed E-state index contributed by atoms with van der Waals surface area (Å²) in [6, 6.07) is 13.6. The number of pyridine rings is 2. The molecule has 2 aromatic carbocycles. The summed E-state index contributed by atoms with van der Waals surface area (Å²) in [6.45, 7) is 3.07. The Labute approximate surface area is 422 Å². The van der Waals surface area contributed by atoms with Gasteiger partial charge in [0.05, 0.1) is 73.8 Å². The lowest BCUT2D eigenvalue weighted by Crippen LogP contribution is -2.24. The molecule has 8 aromatic rings. The summed E-state index contributed by atoms with van der Waals surface area (Å²) < 4.78 is 105. The molecule has 2 atom stereocenters. The van der Waals surface area contributed by atoms with Gasteiger partial charge in [-0.1, -0.05) is 35.3 Å². The van der Waals surface area contributed by atoms with Gasteiger partial charge in [-0.25, -0.2) is 45.6 Å². The molecule has 6 heterocycles. The molecule has 0 N–H and O–H groups in total. The Bertz CT molecular complexity index is 3140. The molecule has 8 rings (SSSR count). The van der Waals surface area contributed by atoms with Gasteiger partial charge in [0.15, 0.2) is 54.6 Å². The molecule has 0 saturated heterocycles. The van der Waals surface area contributed by atoms with Crippen molar-refractivity contribution >= 4 is 42.9 Å². The van der Waals surface area contributed by atoms with E-state index >= 15 is 0 Å². The number of ether oxygens (including phenoxy) is 4. The van der Waals surface area contributed by atoms with Crippen LogP contribution in [-0.2, 0) is 44.0 Å². The Hall–Kier alpha value is -7.28. The summed E-state index contributed by atoms with van der Waals surface area (Å²) in [7, 11) is -1.62. The van der Waals surface area contributed by atoms with E-state index in [1.165, 1.54) is 54.7 Å². The number of aromatic nitrogens is 12. The van der Waals surface area contributed by atoms with Gasteiger partial charge in [-0.15, -0.1) is 20.4 Å². The highest BCUT2D eigenvalue weighted by atomic mass is 35.5. The van der Waals surface area contributed by atoms with Crippen LogP contribution in [0.5, 0.6) is 23.0 Å². The second kappa shape index (κ2) is 22.9. The van der Waals surface area contributed by atoms with E-state index in [9.17, 15) is 25.6 Å². The zero-order valence-electron chi connectivity index (χ0n) is 39.2. The number of para-hydroxylation sites is 2. The molecule has 6 aromatic heterocycles. The van der Waals surface area contributed by atoms with Crippen molar-refractivity contribution in [1.82, 2.24) is 59.4 Å². The predicted molar refractivity (Wildman–Crippen MR) is 261 cm³/mol. The molecule has 72 heavy (non-hydrogen) atoms. The van der Waals surface area contributed by atoms with Gasteiger partial charge in [0.25, 0.3) is 0 Å². The third-order valence-corrected chi connectivity index (χ3v) is 15.3. The lowest BCUT2D eigenvalue weighted by molar-refractivity contribution is 0.390. The maximum atomic E-state index is 13.4. The van der Waals surface area contributed by atoms with Crippen LogP contribution in [0.15, 0.2) is 98.1 Å². The second-order valence-electron chi connectivity index (χ2n) is 15.6. The maximum Gasteiger partial charge on any atom is 0.170 e. The largest absolute Gasteiger partial charge is 0.494 e. The van der Waals surface area contributed by atoms with Gasteiger partial charge in [-0.05, 0) is 50.2 Å². The Morgan fingerprint density at radius 1 is 0.528 bits per heavy atom. The second-order valence-corrected chi connectivity index (χ2v) is 21.3. The monoisotopic (exact) mass is 1060 g/mol. The smallest absolute Gasteiger partial charge is 0.170 e. The average molecular weight is 1070 g/mol. The van der Waals surface area contributed by atoms with Gasteiger partial charge in [0, 0.05) is 48.8 Å². The molecule has 0 aliphatic carbocycles. The summed E-state index contributed by atoms with van der Waals surface area (Å²) in [4.78, 5) is 23.7. The highest BCUT2D eigenvalue weighted by Gasteiger charge is 2.31. The van der Waals surface area contributed by atoms with E-state index in [0.29, 0.717) is 67.2 Å². The molecule has 0 radical (unpaired) electrons. The number of rotatable bonds is 18. The first-order chi connectivity index (χ1) is 34.5. The lowest BCUT2D eigenvalue weighted by Gasteiger charge is -2.18. The third-order valence-electron chi connectivity index (χ3n) is 10.8. The van der Waals surface area contributed by atoms with Crippen molar-refractivity contribution < 1.29 is 44.6 Å². The molecule has 0 bridgehead atoms. The molecule has 0 fully saturated rings. The molecule has 0 aliphatic heterocycles. The van der Waals surface area contributed by atoms with E-state index in [1.54, 1.807) is 70.1 Å². The Morgan fingerprint density at radius 3 is 1.17 bits per heavy atom. The molecule has 20 nitrogen and oxygen atoms in total. The lowest BCUT2D eigenvalue weighted by atomic mass is 10.2. The molecule has 0 amide bonds. The summed E-state index contributed by atoms with van der Waals surface area (Å²) >= 11 is 12.3. The fraction of sp³-hybridized carbons (Fsp3) is 0.261. The number of nitrogens with zero attached hydrogens (tertiary/aromatic N) is 12. The summed E-state index contributed by atoms with van der Waals surface area (Å²) in [6.07, 6.45) is 10.0. The normalized spacial score (nSPS) is 12.4. The van der Waals surface area contributed by atoms with E-state index in [2.05, 4.69) is 50.3 Å². The zero-order chi connectivity index (χ0) is 51.7. The van der Waals surface area contributed by atoms with E-state index < -0.39 is 53.3 Å². The highest BCUT2D eigenvalue weighted by Crippen LogP contribution is 2.39. The fourth-order valence-electron chi connectivity index (χ4n) is 7.14. The topological polar surface area (TPSA) is 244 Å². The van der Waals surface area contributed by atoms with E-state index in [-0.39, 0.29) is 36.1 Å². The van der Waals surface area contributed by atoms with Crippen LogP contribution < -0.4 is 18.9 Å². The molecule has 0 unspecified atom stereocenters. The van der Waals surface area contributed by atoms with E-state index in [0.717, 1.165) is 24.8 Å². The molecule has 376 valence electrons. The Kier molecular flexibility index (Phi) is 16.7. The minimum atomic E-state index is -3.79. The van der Waals surface area contributed by atoms with Crippen molar-refractivity contribution in [3.8, 4) is 57.1 Å². The van der Waals surface area contributed by atoms with Crippen LogP contribution in [0.1, 0.15) is 37.1 Å². The van der Waals surface area contributed by atoms with Crippen molar-refractivity contribution in [3.63, 3.8) is 0 Å². The summed E-state index contributed by atoms with van der Waals surface area (Å²) in [5, 5.41) is 15.9. The number of hydrogen-bond donors (Lipinski definition) is 0. The van der Waals surface area contributed by atoms with E-state index in [1.807, 2.05) is 0 Å². The summed E-state index contributed by atoms with van der Waals surface area (Å²) in [5.41, 5.74) is 1.86. The standard InChI is InChI=1S/2C23H22ClFN6O4S/c2*1-14(7-20-27-11-17(25)12-28-20)36(32,33)13-21-29-30-23(15-8-16(24)10-26-9-15)31(21)22-18(34-2)5-4-6-19(22)35-3/h2*4-6,8-12,14H,7,13H2,1-3H3/t2*14-/m10/s1. The average Bonchev–Trinajstić information content (AvgIpc) is 3.97. The van der Waals surface area contributed by atoms with Crippen molar-refractivity contribution in [1.29, 1.82) is 0 Å². The molecular formula is C46H44Cl2F2N12O8S2. The first-order valence-electron chi connectivity index (χ1n) is 21.4. The van der Waals surface area contributed by atoms with Crippen LogP contribution in [0.25, 0.3) is 34.2 Å². The van der Waals surface area contributed by atoms with Crippen LogP contribution in [-0.4, -0.2) is 115 Å². The van der Waals surface area contributed by atoms with E-state index in [4.69, 9.17) is 42.1 Å². The van der Waals surface area contributed by atoms with Gasteiger partial charge in [-0.2, -0.15) is 0 Å². The first-order valence-corrected chi connectivity index (χ1v) is 25.5. The molecule has 0 saturated carbocycles. The van der Waals surface area contributed by atoms with Gasteiger partial charge < -0.3 is 18.9 Å². The van der Waals surface area contributed by atoms with Crippen molar-refractivity contribution in [2.75, 3.05) is 28.4 Å². The van der Waals surface area contributed by atoms with Gasteiger partial charge in [0.2, 0.25) is 0 Å². The minimum absolute atomic E-state index is 0.000198. The molecule has 26 heteroatoms. The van der Waals surface area contributed by atoms with Crippen LogP contribution in [0, 0.1) is 11.6 Å². The minimum Gasteiger partial charge on any atom is -0.494 e. The van der Waals surface area contributed by atoms with Crippen molar-refractivity contribution in [2.24, 2.45) is 0 Å². The number of hydrogen-bond acceptors (Lipinski definition) is 18. The molecule has 0 spiro atoms. The number of sulfone groups is 2. The van der Waals surface area contributed by atoms with Gasteiger partial charge in [0.1, 0.15) is 57.5 Å². The van der Waals surface area contributed by atoms with Crippen LogP contribution in [0.2, 0.25) is 10.0 Å².